The van der Waals surface area contributed by atoms with Gasteiger partial charge in [-0.3, -0.25) is 14.4 Å². The molecule has 108 valence electrons. The van der Waals surface area contributed by atoms with Crippen LogP contribution in [-0.2, 0) is 23.9 Å². The van der Waals surface area contributed by atoms with Crippen LogP contribution in [0.3, 0.4) is 0 Å². The molecule has 0 aliphatic carbocycles. The first-order valence-corrected chi connectivity index (χ1v) is 6.43. The minimum atomic E-state index is -0.551. The van der Waals surface area contributed by atoms with Crippen molar-refractivity contribution in [2.75, 3.05) is 0 Å². The monoisotopic (exact) mass is 270 g/mol. The number of rotatable bonds is 9. The zero-order valence-corrected chi connectivity index (χ0v) is 11.9. The highest BCUT2D eigenvalue weighted by molar-refractivity contribution is 5.88. The van der Waals surface area contributed by atoms with E-state index in [9.17, 15) is 19.2 Å². The fourth-order valence-corrected chi connectivity index (χ4v) is 1.38. The lowest BCUT2D eigenvalue weighted by atomic mass is 10.1. The molecule has 0 radical (unpaired) electrons. The number of carbonyl (C=O) groups excluding carboxylic acids is 4. The van der Waals surface area contributed by atoms with Gasteiger partial charge in [-0.2, -0.15) is 0 Å². The first-order valence-electron chi connectivity index (χ1n) is 6.43. The lowest BCUT2D eigenvalue weighted by Gasteiger charge is -2.19. The summed E-state index contributed by atoms with van der Waals surface area (Å²) < 4.78 is 5.07. The van der Waals surface area contributed by atoms with E-state index >= 15 is 0 Å². The molecule has 0 unspecified atom stereocenters. The van der Waals surface area contributed by atoms with Crippen LogP contribution >= 0.6 is 0 Å². The van der Waals surface area contributed by atoms with Crippen molar-refractivity contribution in [3.05, 3.63) is 0 Å². The van der Waals surface area contributed by atoms with E-state index in [2.05, 4.69) is 0 Å². The molecular formula is C14H22O5. The lowest BCUT2D eigenvalue weighted by Crippen LogP contribution is -2.24. The Morgan fingerprint density at radius 3 is 1.84 bits per heavy atom. The molecule has 5 heteroatoms. The molecule has 19 heavy (non-hydrogen) atoms. The van der Waals surface area contributed by atoms with E-state index in [1.807, 2.05) is 0 Å². The maximum absolute atomic E-state index is 11.5. The molecule has 0 aromatic carbocycles. The van der Waals surface area contributed by atoms with E-state index in [0.29, 0.717) is 6.29 Å². The Kier molecular flexibility index (Phi) is 7.87. The number of ketones is 2. The van der Waals surface area contributed by atoms with Crippen LogP contribution in [0.15, 0.2) is 0 Å². The zero-order chi connectivity index (χ0) is 14.9. The van der Waals surface area contributed by atoms with Gasteiger partial charge in [-0.15, -0.1) is 0 Å². The molecule has 0 bridgehead atoms. The van der Waals surface area contributed by atoms with Crippen molar-refractivity contribution in [2.24, 2.45) is 0 Å². The summed E-state index contributed by atoms with van der Waals surface area (Å²) in [5, 5.41) is 0. The largest absolute Gasteiger partial charge is 0.460 e. The van der Waals surface area contributed by atoms with Gasteiger partial charge in [0.2, 0.25) is 0 Å². The van der Waals surface area contributed by atoms with Gasteiger partial charge in [-0.05, 0) is 20.8 Å². The molecule has 0 aliphatic heterocycles. The van der Waals surface area contributed by atoms with E-state index < -0.39 is 11.6 Å². The molecule has 0 aromatic rings. The topological polar surface area (TPSA) is 77.5 Å². The van der Waals surface area contributed by atoms with Gasteiger partial charge in [0, 0.05) is 32.1 Å². The van der Waals surface area contributed by atoms with Gasteiger partial charge in [0.15, 0.2) is 0 Å². The average Bonchev–Trinajstić information content (AvgIpc) is 2.29. The van der Waals surface area contributed by atoms with Crippen LogP contribution in [0.25, 0.3) is 0 Å². The summed E-state index contributed by atoms with van der Waals surface area (Å²) >= 11 is 0. The summed E-state index contributed by atoms with van der Waals surface area (Å²) in [4.78, 5) is 44.1. The van der Waals surface area contributed by atoms with E-state index in [-0.39, 0.29) is 50.1 Å². The summed E-state index contributed by atoms with van der Waals surface area (Å²) in [5.74, 6) is -0.642. The maximum Gasteiger partial charge on any atom is 0.306 e. The first-order chi connectivity index (χ1) is 8.74. The van der Waals surface area contributed by atoms with E-state index in [0.717, 1.165) is 0 Å². The number of aldehydes is 1. The molecule has 0 spiro atoms. The summed E-state index contributed by atoms with van der Waals surface area (Å²) in [6, 6.07) is 0. The number of hydrogen-bond donors (Lipinski definition) is 0. The molecule has 0 saturated carbocycles. The fourth-order valence-electron chi connectivity index (χ4n) is 1.38. The second-order valence-corrected chi connectivity index (χ2v) is 5.37. The third kappa shape index (κ3) is 11.3. The highest BCUT2D eigenvalue weighted by Gasteiger charge is 2.17. The summed E-state index contributed by atoms with van der Waals surface area (Å²) in [6.45, 7) is 5.29. The Labute approximate surface area is 113 Å². The van der Waals surface area contributed by atoms with Crippen LogP contribution in [0.2, 0.25) is 0 Å². The number of Topliss-reactive ketones (excluding diaryl/α,β-unsaturated/α-hetero) is 2. The van der Waals surface area contributed by atoms with Crippen molar-refractivity contribution >= 4 is 23.8 Å². The Bertz CT molecular complexity index is 338. The standard InChI is InChI=1S/C14H22O5/c1-14(2,3)19-13(18)9-8-12(17)7-6-11(16)5-4-10-15/h10H,4-9H2,1-3H3. The minimum Gasteiger partial charge on any atom is -0.460 e. The predicted octanol–water partition coefficient (Wildman–Crippen LogP) is 2.01. The average molecular weight is 270 g/mol. The number of esters is 1. The predicted molar refractivity (Wildman–Crippen MR) is 69.6 cm³/mol. The van der Waals surface area contributed by atoms with Gasteiger partial charge < -0.3 is 9.53 Å². The Morgan fingerprint density at radius 1 is 0.895 bits per heavy atom. The molecule has 0 saturated heterocycles. The van der Waals surface area contributed by atoms with Crippen LogP contribution in [0.5, 0.6) is 0 Å². The third-order valence-electron chi connectivity index (χ3n) is 2.25. The number of carbonyl (C=O) groups is 4. The van der Waals surface area contributed by atoms with Crippen LogP contribution in [0, 0.1) is 0 Å². The molecule has 0 aliphatic rings. The summed E-state index contributed by atoms with van der Waals surface area (Å²) in [5.41, 5.74) is -0.551. The smallest absolute Gasteiger partial charge is 0.306 e. The summed E-state index contributed by atoms with van der Waals surface area (Å²) in [6.07, 6.45) is 1.46. The molecule has 0 atom stereocenters. The van der Waals surface area contributed by atoms with Crippen molar-refractivity contribution in [3.8, 4) is 0 Å². The van der Waals surface area contributed by atoms with E-state index in [4.69, 9.17) is 4.74 Å². The van der Waals surface area contributed by atoms with Crippen molar-refractivity contribution in [1.82, 2.24) is 0 Å². The Balaban J connectivity index is 3.78. The normalized spacial score (nSPS) is 10.9. The first kappa shape index (κ1) is 17.5. The molecule has 0 aromatic heterocycles. The zero-order valence-electron chi connectivity index (χ0n) is 11.9. The number of hydrogen-bond acceptors (Lipinski definition) is 5. The quantitative estimate of drug-likeness (QED) is 0.473. The molecule has 5 nitrogen and oxygen atoms in total. The molecule has 0 fully saturated rings. The fraction of sp³-hybridized carbons (Fsp3) is 0.714. The molecule has 0 heterocycles. The highest BCUT2D eigenvalue weighted by Crippen LogP contribution is 2.10. The van der Waals surface area contributed by atoms with E-state index in [1.165, 1.54) is 0 Å². The molecular weight excluding hydrogens is 248 g/mol. The number of ether oxygens (including phenoxy) is 1. The van der Waals surface area contributed by atoms with Gasteiger partial charge >= 0.3 is 5.97 Å². The van der Waals surface area contributed by atoms with Gasteiger partial charge in [-0.1, -0.05) is 0 Å². The lowest BCUT2D eigenvalue weighted by molar-refractivity contribution is -0.155. The van der Waals surface area contributed by atoms with Crippen molar-refractivity contribution in [1.29, 1.82) is 0 Å². The van der Waals surface area contributed by atoms with Crippen LogP contribution in [0.4, 0.5) is 0 Å². The van der Waals surface area contributed by atoms with Crippen molar-refractivity contribution in [3.63, 3.8) is 0 Å². The van der Waals surface area contributed by atoms with Crippen molar-refractivity contribution < 1.29 is 23.9 Å². The van der Waals surface area contributed by atoms with Gasteiger partial charge in [0.25, 0.3) is 0 Å². The third-order valence-corrected chi connectivity index (χ3v) is 2.25. The second kappa shape index (κ2) is 8.56. The molecule has 0 amide bonds. The second-order valence-electron chi connectivity index (χ2n) is 5.37. The Hall–Kier alpha value is -1.52. The van der Waals surface area contributed by atoms with Gasteiger partial charge in [0.1, 0.15) is 23.5 Å². The maximum atomic E-state index is 11.5. The van der Waals surface area contributed by atoms with Crippen LogP contribution < -0.4 is 0 Å². The van der Waals surface area contributed by atoms with Gasteiger partial charge in [-0.25, -0.2) is 0 Å². The van der Waals surface area contributed by atoms with Crippen molar-refractivity contribution in [2.45, 2.75) is 64.9 Å². The SMILES string of the molecule is CC(C)(C)OC(=O)CCC(=O)CCC(=O)CCC=O. The highest BCUT2D eigenvalue weighted by atomic mass is 16.6. The van der Waals surface area contributed by atoms with Crippen LogP contribution in [-0.4, -0.2) is 29.4 Å². The van der Waals surface area contributed by atoms with Gasteiger partial charge in [0.05, 0.1) is 6.42 Å². The van der Waals surface area contributed by atoms with E-state index in [1.54, 1.807) is 20.8 Å². The molecule has 0 rings (SSSR count). The minimum absolute atomic E-state index is 0.0403. The molecule has 0 N–H and O–H groups in total. The Morgan fingerprint density at radius 2 is 1.37 bits per heavy atom. The van der Waals surface area contributed by atoms with Crippen LogP contribution in [0.1, 0.15) is 59.3 Å². The summed E-state index contributed by atoms with van der Waals surface area (Å²) in [7, 11) is 0.